The minimum Gasteiger partial charge on any atom is -0.352 e. The summed E-state index contributed by atoms with van der Waals surface area (Å²) < 4.78 is 0. The van der Waals surface area contributed by atoms with Crippen LogP contribution in [0.25, 0.3) is 0 Å². The van der Waals surface area contributed by atoms with E-state index in [4.69, 9.17) is 0 Å². The lowest BCUT2D eigenvalue weighted by Crippen LogP contribution is -2.40. The monoisotopic (exact) mass is 484 g/mol. The zero-order chi connectivity index (χ0) is 18.4. The summed E-state index contributed by atoms with van der Waals surface area (Å²) in [5.41, 5.74) is 2.60. The van der Waals surface area contributed by atoms with Gasteiger partial charge >= 0.3 is 0 Å². The highest BCUT2D eigenvalue weighted by Gasteiger charge is 2.40. The van der Waals surface area contributed by atoms with Crippen LogP contribution in [0.4, 0.5) is 5.69 Å². The second-order valence-corrected chi connectivity index (χ2v) is 7.77. The zero-order valence-electron chi connectivity index (χ0n) is 16.6. The van der Waals surface area contributed by atoms with Crippen LogP contribution in [0.5, 0.6) is 0 Å². The molecular weight excluding hydrogens is 451 g/mol. The lowest BCUT2D eigenvalue weighted by atomic mass is 9.86. The molecule has 1 aliphatic heterocycles. The van der Waals surface area contributed by atoms with Gasteiger partial charge in [-0.15, -0.1) is 24.0 Å². The van der Waals surface area contributed by atoms with E-state index < -0.39 is 0 Å². The summed E-state index contributed by atoms with van der Waals surface area (Å²) in [6, 6.07) is 8.06. The van der Waals surface area contributed by atoms with Crippen LogP contribution in [0.15, 0.2) is 29.3 Å². The number of carbonyl (C=O) groups is 1. The molecule has 1 aromatic rings. The number of rotatable bonds is 5. The van der Waals surface area contributed by atoms with Crippen LogP contribution >= 0.6 is 24.0 Å². The van der Waals surface area contributed by atoms with Gasteiger partial charge in [-0.1, -0.05) is 31.9 Å². The highest BCUT2D eigenvalue weighted by Crippen LogP contribution is 2.45. The Hall–Kier alpha value is -1.31. The van der Waals surface area contributed by atoms with E-state index in [1.807, 2.05) is 26.1 Å². The number of guanidine groups is 1. The zero-order valence-corrected chi connectivity index (χ0v) is 18.9. The van der Waals surface area contributed by atoms with Crippen LogP contribution < -0.4 is 10.6 Å². The molecule has 150 valence electrons. The normalized spacial score (nSPS) is 18.4. The molecule has 0 bridgehead atoms. The molecule has 2 N–H and O–H groups in total. The van der Waals surface area contributed by atoms with Crippen LogP contribution in [0.2, 0.25) is 0 Å². The lowest BCUT2D eigenvalue weighted by Gasteiger charge is -2.26. The lowest BCUT2D eigenvalue weighted by molar-refractivity contribution is -0.116. The number of amides is 1. The minimum absolute atomic E-state index is 0. The molecule has 0 radical (unpaired) electrons. The number of hydrogen-bond donors (Lipinski definition) is 2. The Morgan fingerprint density at radius 2 is 1.89 bits per heavy atom. The Morgan fingerprint density at radius 3 is 2.52 bits per heavy atom. The molecule has 27 heavy (non-hydrogen) atoms. The average molecular weight is 484 g/mol. The molecule has 3 rings (SSSR count). The molecule has 6 heteroatoms. The van der Waals surface area contributed by atoms with Crippen molar-refractivity contribution < 1.29 is 4.79 Å². The predicted octanol–water partition coefficient (Wildman–Crippen LogP) is 4.38. The molecule has 1 aromatic carbocycles. The van der Waals surface area contributed by atoms with Crippen molar-refractivity contribution in [1.29, 1.82) is 0 Å². The molecule has 1 saturated carbocycles. The van der Waals surface area contributed by atoms with Crippen LogP contribution in [0, 0.1) is 5.41 Å². The number of benzene rings is 1. The van der Waals surface area contributed by atoms with E-state index in [1.54, 1.807) is 0 Å². The molecule has 1 heterocycles. The van der Waals surface area contributed by atoms with Gasteiger partial charge in [0.15, 0.2) is 5.96 Å². The SMILES string of the molecule is CCCC(=O)Nc1ccc(CNC(=NC)N2CCC3(CCCC3)C2)cc1.I. The second kappa shape index (κ2) is 10.3. The first-order valence-electron chi connectivity index (χ1n) is 9.98. The fraction of sp³-hybridized carbons (Fsp3) is 0.619. The van der Waals surface area contributed by atoms with Crippen molar-refractivity contribution in [2.75, 3.05) is 25.5 Å². The summed E-state index contributed by atoms with van der Waals surface area (Å²) in [5.74, 6) is 1.09. The first-order valence-corrected chi connectivity index (χ1v) is 9.98. The largest absolute Gasteiger partial charge is 0.352 e. The van der Waals surface area contributed by atoms with Gasteiger partial charge in [0.1, 0.15) is 0 Å². The third-order valence-electron chi connectivity index (χ3n) is 5.78. The minimum atomic E-state index is 0. The third-order valence-corrected chi connectivity index (χ3v) is 5.78. The highest BCUT2D eigenvalue weighted by atomic mass is 127. The van der Waals surface area contributed by atoms with Crippen molar-refractivity contribution in [2.24, 2.45) is 10.4 Å². The molecular formula is C21H33IN4O. The number of carbonyl (C=O) groups excluding carboxylic acids is 1. The van der Waals surface area contributed by atoms with Gasteiger partial charge in [0.05, 0.1) is 0 Å². The Labute approximate surface area is 180 Å². The van der Waals surface area contributed by atoms with Crippen molar-refractivity contribution in [3.8, 4) is 0 Å². The summed E-state index contributed by atoms with van der Waals surface area (Å²) in [5, 5.41) is 6.43. The van der Waals surface area contributed by atoms with E-state index >= 15 is 0 Å². The van der Waals surface area contributed by atoms with Crippen LogP contribution in [0.1, 0.15) is 57.4 Å². The molecule has 1 amide bonds. The summed E-state index contributed by atoms with van der Waals surface area (Å²) in [6.07, 6.45) is 8.28. The molecule has 5 nitrogen and oxygen atoms in total. The van der Waals surface area contributed by atoms with Crippen molar-refractivity contribution in [3.05, 3.63) is 29.8 Å². The number of anilines is 1. The smallest absolute Gasteiger partial charge is 0.224 e. The fourth-order valence-corrected chi connectivity index (χ4v) is 4.32. The van der Waals surface area contributed by atoms with Gasteiger partial charge in [-0.05, 0) is 48.8 Å². The van der Waals surface area contributed by atoms with E-state index in [0.29, 0.717) is 11.8 Å². The molecule has 1 aliphatic carbocycles. The fourth-order valence-electron chi connectivity index (χ4n) is 4.32. The van der Waals surface area contributed by atoms with Crippen molar-refractivity contribution >= 4 is 41.5 Å². The standard InChI is InChI=1S/C21H32N4O.HI/c1-3-6-19(26)24-18-9-7-17(8-10-18)15-23-20(22-2)25-14-13-21(16-25)11-4-5-12-21;/h7-10H,3-6,11-16H2,1-2H3,(H,22,23)(H,24,26);1H. The molecule has 1 saturated heterocycles. The first kappa shape index (κ1) is 22.0. The molecule has 0 atom stereocenters. The van der Waals surface area contributed by atoms with E-state index in [9.17, 15) is 4.79 Å². The Balaban J connectivity index is 0.00000261. The Kier molecular flexibility index (Phi) is 8.38. The highest BCUT2D eigenvalue weighted by molar-refractivity contribution is 14.0. The molecule has 2 aliphatic rings. The Bertz CT molecular complexity index is 638. The van der Waals surface area contributed by atoms with Gasteiger partial charge in [0, 0.05) is 38.8 Å². The van der Waals surface area contributed by atoms with Crippen LogP contribution in [-0.4, -0.2) is 36.9 Å². The number of likely N-dealkylation sites (tertiary alicyclic amines) is 1. The van der Waals surface area contributed by atoms with E-state index in [-0.39, 0.29) is 29.9 Å². The average Bonchev–Trinajstić information content (AvgIpc) is 3.27. The summed E-state index contributed by atoms with van der Waals surface area (Å²) in [4.78, 5) is 18.6. The van der Waals surface area contributed by atoms with Crippen molar-refractivity contribution in [1.82, 2.24) is 10.2 Å². The van der Waals surface area contributed by atoms with Gasteiger partial charge < -0.3 is 15.5 Å². The van der Waals surface area contributed by atoms with Crippen molar-refractivity contribution in [3.63, 3.8) is 0 Å². The summed E-state index contributed by atoms with van der Waals surface area (Å²) >= 11 is 0. The second-order valence-electron chi connectivity index (χ2n) is 7.77. The molecule has 1 spiro atoms. The maximum atomic E-state index is 11.7. The topological polar surface area (TPSA) is 56.7 Å². The quantitative estimate of drug-likeness (QED) is 0.371. The maximum Gasteiger partial charge on any atom is 0.224 e. The summed E-state index contributed by atoms with van der Waals surface area (Å²) in [6.45, 7) is 5.02. The van der Waals surface area contributed by atoms with Crippen LogP contribution in [-0.2, 0) is 11.3 Å². The Morgan fingerprint density at radius 1 is 1.19 bits per heavy atom. The number of hydrogen-bond acceptors (Lipinski definition) is 2. The molecule has 2 fully saturated rings. The van der Waals surface area contributed by atoms with Gasteiger partial charge in [-0.25, -0.2) is 0 Å². The number of aliphatic imine (C=N–C) groups is 1. The number of halogens is 1. The van der Waals surface area contributed by atoms with Gasteiger partial charge in [0.2, 0.25) is 5.91 Å². The van der Waals surface area contributed by atoms with Crippen LogP contribution in [0.3, 0.4) is 0 Å². The van der Waals surface area contributed by atoms with E-state index in [2.05, 4.69) is 32.7 Å². The van der Waals surface area contributed by atoms with Gasteiger partial charge in [-0.2, -0.15) is 0 Å². The molecule has 0 aromatic heterocycles. The van der Waals surface area contributed by atoms with Crippen molar-refractivity contribution in [2.45, 2.75) is 58.4 Å². The molecule has 0 unspecified atom stereocenters. The summed E-state index contributed by atoms with van der Waals surface area (Å²) in [7, 11) is 1.87. The third kappa shape index (κ3) is 5.83. The predicted molar refractivity (Wildman–Crippen MR) is 123 cm³/mol. The maximum absolute atomic E-state index is 11.7. The van der Waals surface area contributed by atoms with Gasteiger partial charge in [-0.3, -0.25) is 9.79 Å². The van der Waals surface area contributed by atoms with E-state index in [1.165, 1.54) is 37.7 Å². The van der Waals surface area contributed by atoms with E-state index in [0.717, 1.165) is 37.7 Å². The number of nitrogens with zero attached hydrogens (tertiary/aromatic N) is 2. The number of nitrogens with one attached hydrogen (secondary N) is 2. The van der Waals surface area contributed by atoms with Gasteiger partial charge in [0.25, 0.3) is 0 Å². The first-order chi connectivity index (χ1) is 12.6.